The van der Waals surface area contributed by atoms with Crippen LogP contribution in [0.5, 0.6) is 11.5 Å². The number of ether oxygens (including phenoxy) is 2. The smallest absolute Gasteiger partial charge is 0.748 e. The Labute approximate surface area is 565 Å². The predicted octanol–water partition coefficient (Wildman–Crippen LogP) is -8.78. The van der Waals surface area contributed by atoms with Crippen molar-refractivity contribution in [2.45, 2.75) is 22.6 Å². The zero-order chi connectivity index (χ0) is 52.5. The molecule has 0 spiro atoms. The van der Waals surface area contributed by atoms with E-state index in [1.807, 2.05) is 0 Å². The monoisotopic (exact) mass is 1280 g/mol. The first-order valence-electron chi connectivity index (χ1n) is 19.0. The molecule has 0 unspecified atom stereocenters. The Morgan fingerprint density at radius 2 is 0.816 bits per heavy atom. The number of nitrogens with one attached hydrogen (secondary N) is 3. The van der Waals surface area contributed by atoms with Crippen LogP contribution >= 0.6 is 46.4 Å². The van der Waals surface area contributed by atoms with Crippen molar-refractivity contribution in [1.82, 2.24) is 15.0 Å². The zero-order valence-electron chi connectivity index (χ0n) is 40.1. The quantitative estimate of drug-likeness (QED) is 0.0223. The maximum absolute atomic E-state index is 11.7. The molecule has 76 heavy (non-hydrogen) atoms. The third-order valence-corrected chi connectivity index (χ3v) is 13.9. The number of azo groups is 2. The number of nitrogens with zero attached hydrogens (tertiary/aromatic N) is 7. The molecule has 1 heterocycles. The van der Waals surface area contributed by atoms with Crippen molar-refractivity contribution in [3.05, 3.63) is 80.8 Å². The van der Waals surface area contributed by atoms with Gasteiger partial charge in [0.05, 0.1) is 102 Å². The van der Waals surface area contributed by atoms with E-state index in [0.29, 0.717) is 0 Å². The van der Waals surface area contributed by atoms with Gasteiger partial charge < -0.3 is 48.2 Å². The topological polar surface area (TPSA) is 429 Å². The van der Waals surface area contributed by atoms with E-state index >= 15 is 0 Å². The number of rotatable bonds is 24. The van der Waals surface area contributed by atoms with Crippen LogP contribution in [0.4, 0.5) is 52.0 Å². The van der Waals surface area contributed by atoms with Crippen LogP contribution in [-0.4, -0.2) is 117 Å². The summed E-state index contributed by atoms with van der Waals surface area (Å²) < 4.78 is 183. The number of hydrogen-bond acceptors (Lipinski definition) is 27. The van der Waals surface area contributed by atoms with E-state index in [0.717, 1.165) is 24.3 Å². The van der Waals surface area contributed by atoms with E-state index in [9.17, 15) is 64.9 Å². The number of aromatic nitrogens is 3. The Morgan fingerprint density at radius 1 is 0.461 bits per heavy atom. The second-order valence-electron chi connectivity index (χ2n) is 13.8. The molecule has 4 aromatic carbocycles. The summed E-state index contributed by atoms with van der Waals surface area (Å²) in [5, 5.41) is 22.7. The van der Waals surface area contributed by atoms with Crippen molar-refractivity contribution in [1.29, 1.82) is 0 Å². The maximum atomic E-state index is 11.7. The van der Waals surface area contributed by atoms with Gasteiger partial charge in [-0.05, 0) is 61.4 Å². The van der Waals surface area contributed by atoms with Crippen LogP contribution in [0.3, 0.4) is 0 Å². The fraction of sp³-hybridized carbons (Fsp3) is 0.229. The zero-order valence-corrected chi connectivity index (χ0v) is 57.2. The van der Waals surface area contributed by atoms with Crippen LogP contribution in [0.15, 0.2) is 90.9 Å². The number of anilines is 5. The molecule has 0 saturated heterocycles. The molecular formula is C35H29Cl4N10Na5O17S5. The van der Waals surface area contributed by atoms with E-state index in [2.05, 4.69) is 51.4 Å². The van der Waals surface area contributed by atoms with Gasteiger partial charge in [0.15, 0.2) is 0 Å². The molecule has 41 heteroatoms. The number of halogens is 4. The van der Waals surface area contributed by atoms with Crippen molar-refractivity contribution in [2.24, 2.45) is 20.5 Å². The molecule has 0 atom stereocenters. The Balaban J connectivity index is 0.0000112. The molecule has 0 aliphatic heterocycles. The summed E-state index contributed by atoms with van der Waals surface area (Å²) >= 11 is 24.8. The van der Waals surface area contributed by atoms with Crippen molar-refractivity contribution in [3.63, 3.8) is 0 Å². The average molecular weight is 1280 g/mol. The van der Waals surface area contributed by atoms with E-state index in [1.165, 1.54) is 36.4 Å². The van der Waals surface area contributed by atoms with E-state index < -0.39 is 115 Å². The molecular weight excluding hydrogens is 1250 g/mol. The second-order valence-corrected chi connectivity index (χ2v) is 22.7. The molecule has 5 rings (SSSR count). The molecule has 5 aromatic rings. The first kappa shape index (κ1) is 75.8. The van der Waals surface area contributed by atoms with Gasteiger partial charge >= 0.3 is 148 Å². The van der Waals surface area contributed by atoms with Crippen LogP contribution in [0.2, 0.25) is 20.1 Å². The first-order valence-corrected chi connectivity index (χ1v) is 28.1. The fourth-order valence-electron chi connectivity index (χ4n) is 5.32. The molecule has 0 aliphatic rings. The Bertz CT molecular complexity index is 3290. The van der Waals surface area contributed by atoms with Gasteiger partial charge in [-0.25, -0.2) is 42.1 Å². The Hall–Kier alpha value is -0.200. The van der Waals surface area contributed by atoms with Crippen LogP contribution in [0, 0.1) is 0 Å². The van der Waals surface area contributed by atoms with Crippen molar-refractivity contribution in [3.8, 4) is 11.5 Å². The molecule has 0 radical (unpaired) electrons. The summed E-state index contributed by atoms with van der Waals surface area (Å²) in [4.78, 5) is 11.1. The maximum Gasteiger partial charge on any atom is 1.00 e. The summed E-state index contributed by atoms with van der Waals surface area (Å²) in [6, 6.07) is 11.0. The summed E-state index contributed by atoms with van der Waals surface area (Å²) in [7, 11) is -24.2. The predicted molar refractivity (Wildman–Crippen MR) is 249 cm³/mol. The van der Waals surface area contributed by atoms with Crippen molar-refractivity contribution in [2.75, 3.05) is 53.0 Å². The molecule has 0 bridgehead atoms. The average Bonchev–Trinajstić information content (AvgIpc) is 3.23. The van der Waals surface area contributed by atoms with Gasteiger partial charge in [-0.3, -0.25) is 0 Å². The van der Waals surface area contributed by atoms with Crippen molar-refractivity contribution >= 4 is 149 Å². The number of hydrogen-bond donors (Lipinski definition) is 3. The molecule has 0 aliphatic carbocycles. The van der Waals surface area contributed by atoms with E-state index in [4.69, 9.17) is 55.9 Å². The van der Waals surface area contributed by atoms with Crippen molar-refractivity contribution < 1.29 is 222 Å². The first-order chi connectivity index (χ1) is 32.9. The fourth-order valence-corrected chi connectivity index (χ4v) is 8.96. The molecule has 1 aromatic heterocycles. The largest absolute Gasteiger partial charge is 1.00 e. The minimum absolute atomic E-state index is 0. The normalized spacial score (nSPS) is 11.8. The summed E-state index contributed by atoms with van der Waals surface area (Å²) in [5.41, 5.74) is -0.803. The van der Waals surface area contributed by atoms with Gasteiger partial charge in [-0.1, -0.05) is 46.4 Å². The van der Waals surface area contributed by atoms with Gasteiger partial charge in [0.25, 0.3) is 0 Å². The Kier molecular flexibility index (Phi) is 33.1. The van der Waals surface area contributed by atoms with Gasteiger partial charge in [0.2, 0.25) is 17.8 Å². The van der Waals surface area contributed by atoms with Gasteiger partial charge in [-0.15, -0.1) is 10.2 Å². The van der Waals surface area contributed by atoms with Crippen LogP contribution in [0.1, 0.15) is 12.8 Å². The summed E-state index contributed by atoms with van der Waals surface area (Å²) in [6.07, 6.45) is -0.627. The SMILES string of the molecule is O=S(=O)([O-])CCCOc1cc(N=Nc2ccc(Cl)c(S(=O)(=O)[O-])c2)c(Cl)cc1Nc1nc(NCCS(=O)(=O)[O-])nc(Nc2cc(Cl)c(N=Nc3ccc(Cl)c(S(=O)(=O)[O-])c3)cc2OCCCS(=O)(=O)[O-])n1.[Na+].[Na+].[Na+].[Na+].[Na+]. The minimum Gasteiger partial charge on any atom is -0.748 e. The van der Waals surface area contributed by atoms with Crippen LogP contribution in [0.25, 0.3) is 0 Å². The van der Waals surface area contributed by atoms with Gasteiger partial charge in [0.1, 0.15) is 43.1 Å². The van der Waals surface area contributed by atoms with Crippen LogP contribution < -0.4 is 173 Å². The standard InChI is InChI=1S/C35H34Cl4N10O17S5.5Na/c36-21-5-3-19(13-31(21)70(59,60)61)46-48-25-17-29(65-8-1-10-67(50,51)52)27(15-23(25)38)41-34-43-33(40-7-12-69(56,57)58)44-35(45-34)42-28-16-24(39)26(18-30(28)66-9-2-11-68(53,54)55)49-47-20-4-6-22(37)32(14-20)71(62,63)64;;;;;/h3-6,13-18H,1-2,7-12H2,(H,50,51,52)(H,53,54,55)(H,56,57,58)(H,59,60,61)(H,62,63,64)(H3,40,41,42,43,44,45);;;;;/q;5*+1/p-5. The van der Waals surface area contributed by atoms with E-state index in [-0.39, 0.29) is 226 Å². The molecule has 27 nitrogen and oxygen atoms in total. The molecule has 0 amide bonds. The third kappa shape index (κ3) is 25.9. The van der Waals surface area contributed by atoms with Gasteiger partial charge in [-0.2, -0.15) is 25.2 Å². The van der Waals surface area contributed by atoms with E-state index in [1.54, 1.807) is 0 Å². The molecule has 384 valence electrons. The van der Waals surface area contributed by atoms with Crippen LogP contribution in [-0.2, 0) is 50.6 Å². The second kappa shape index (κ2) is 33.2. The molecule has 3 N–H and O–H groups in total. The molecule has 0 saturated carbocycles. The Morgan fingerprint density at radius 3 is 1.16 bits per heavy atom. The number of benzene rings is 4. The summed E-state index contributed by atoms with van der Waals surface area (Å²) in [5.74, 6) is -4.15. The summed E-state index contributed by atoms with van der Waals surface area (Å²) in [6.45, 7) is -1.34. The molecule has 0 fully saturated rings. The van der Waals surface area contributed by atoms with Gasteiger partial charge in [0, 0.05) is 30.2 Å². The third-order valence-electron chi connectivity index (χ3n) is 8.37. The minimum atomic E-state index is -5.02.